The number of nitrogens with zero attached hydrogens (tertiary/aromatic N) is 2. The molecule has 1 saturated carbocycles. The first-order valence-corrected chi connectivity index (χ1v) is 9.45. The van der Waals surface area contributed by atoms with Gasteiger partial charge in [-0.05, 0) is 43.5 Å². The number of amides is 1. The number of carbonyl (C=O) groups excluding carboxylic acids is 1. The first-order valence-electron chi connectivity index (χ1n) is 9.45. The van der Waals surface area contributed by atoms with E-state index in [9.17, 15) is 9.18 Å². The lowest BCUT2D eigenvalue weighted by molar-refractivity contribution is -0.116. The first-order chi connectivity index (χ1) is 13.5. The van der Waals surface area contributed by atoms with Crippen LogP contribution in [0, 0.1) is 12.7 Å². The Kier molecular flexibility index (Phi) is 8.36. The number of aliphatic imine (C=N–C) groups is 1. The molecule has 0 bridgehead atoms. The van der Waals surface area contributed by atoms with E-state index >= 15 is 0 Å². The molecule has 1 aliphatic carbocycles. The Hall–Kier alpha value is -2.23. The number of nitrogens with one attached hydrogen (secondary N) is 3. The molecule has 1 fully saturated rings. The molecule has 0 atom stereocenters. The van der Waals surface area contributed by atoms with Crippen molar-refractivity contribution in [3.8, 4) is 0 Å². The molecule has 3 N–H and O–H groups in total. The zero-order valence-corrected chi connectivity index (χ0v) is 19.0. The molecule has 1 aliphatic rings. The van der Waals surface area contributed by atoms with E-state index in [1.54, 1.807) is 19.2 Å². The zero-order chi connectivity index (χ0) is 20.0. The molecule has 1 amide bonds. The summed E-state index contributed by atoms with van der Waals surface area (Å²) in [6.45, 7) is 2.91. The van der Waals surface area contributed by atoms with Crippen molar-refractivity contribution in [1.29, 1.82) is 0 Å². The van der Waals surface area contributed by atoms with Gasteiger partial charge in [-0.1, -0.05) is 24.3 Å². The summed E-state index contributed by atoms with van der Waals surface area (Å²) in [5.74, 6) is 0.870. The van der Waals surface area contributed by atoms with Crippen molar-refractivity contribution >= 4 is 41.7 Å². The van der Waals surface area contributed by atoms with Gasteiger partial charge in [-0.15, -0.1) is 24.0 Å². The van der Waals surface area contributed by atoms with Crippen LogP contribution in [0.2, 0.25) is 0 Å². The normalized spacial score (nSPS) is 14.5. The Balaban J connectivity index is 0.00000300. The highest BCUT2D eigenvalue weighted by molar-refractivity contribution is 14.0. The van der Waals surface area contributed by atoms with Crippen LogP contribution in [-0.2, 0) is 10.2 Å². The van der Waals surface area contributed by atoms with Gasteiger partial charge in [-0.25, -0.2) is 9.37 Å². The number of anilines is 1. The van der Waals surface area contributed by atoms with Gasteiger partial charge in [0.05, 0.1) is 0 Å². The van der Waals surface area contributed by atoms with Crippen LogP contribution >= 0.6 is 24.0 Å². The Morgan fingerprint density at radius 1 is 1.17 bits per heavy atom. The van der Waals surface area contributed by atoms with Crippen LogP contribution in [0.1, 0.15) is 30.5 Å². The van der Waals surface area contributed by atoms with E-state index in [2.05, 4.69) is 25.9 Å². The fraction of sp³-hybridized carbons (Fsp3) is 0.381. The van der Waals surface area contributed by atoms with E-state index in [-0.39, 0.29) is 47.5 Å². The van der Waals surface area contributed by atoms with E-state index < -0.39 is 0 Å². The van der Waals surface area contributed by atoms with Crippen LogP contribution in [0.3, 0.4) is 0 Å². The van der Waals surface area contributed by atoms with E-state index in [1.807, 2.05) is 31.2 Å². The minimum atomic E-state index is -0.169. The van der Waals surface area contributed by atoms with Crippen molar-refractivity contribution < 1.29 is 9.18 Å². The van der Waals surface area contributed by atoms with Crippen molar-refractivity contribution in [3.63, 3.8) is 0 Å². The number of aryl methyl sites for hydroxylation is 1. The van der Waals surface area contributed by atoms with E-state index in [4.69, 9.17) is 0 Å². The molecule has 1 aromatic heterocycles. The lowest BCUT2D eigenvalue weighted by atomic mass is 9.95. The molecule has 1 aromatic carbocycles. The molecule has 0 spiro atoms. The molecular formula is C21H27FIN5O. The standard InChI is InChI=1S/C21H26FN5O.HI/c1-15-6-5-9-18(26-15)27-19(28)10-13-24-20(23-2)25-14-21(11-12-21)16-7-3-4-8-17(16)22;/h3-9H,10-14H2,1-2H3,(H2,23,24,25)(H,26,27,28);1H. The third kappa shape index (κ3) is 6.38. The lowest BCUT2D eigenvalue weighted by Crippen LogP contribution is -2.42. The van der Waals surface area contributed by atoms with E-state index in [0.29, 0.717) is 24.9 Å². The van der Waals surface area contributed by atoms with Gasteiger partial charge in [0.15, 0.2) is 5.96 Å². The minimum Gasteiger partial charge on any atom is -0.356 e. The molecule has 8 heteroatoms. The van der Waals surface area contributed by atoms with Crippen LogP contribution < -0.4 is 16.0 Å². The summed E-state index contributed by atoms with van der Waals surface area (Å²) in [4.78, 5) is 20.5. The van der Waals surface area contributed by atoms with Crippen molar-refractivity contribution in [3.05, 3.63) is 59.5 Å². The van der Waals surface area contributed by atoms with Crippen molar-refractivity contribution in [2.24, 2.45) is 4.99 Å². The van der Waals surface area contributed by atoms with Crippen LogP contribution in [0.15, 0.2) is 47.5 Å². The van der Waals surface area contributed by atoms with Crippen molar-refractivity contribution in [2.75, 3.05) is 25.5 Å². The van der Waals surface area contributed by atoms with E-state index in [1.165, 1.54) is 6.07 Å². The Morgan fingerprint density at radius 3 is 2.59 bits per heavy atom. The molecule has 0 unspecified atom stereocenters. The van der Waals surface area contributed by atoms with Gasteiger partial charge in [0.25, 0.3) is 0 Å². The van der Waals surface area contributed by atoms with Gasteiger partial charge in [-0.2, -0.15) is 0 Å². The maximum atomic E-state index is 14.1. The van der Waals surface area contributed by atoms with Crippen molar-refractivity contribution in [1.82, 2.24) is 15.6 Å². The molecule has 0 aliphatic heterocycles. The van der Waals surface area contributed by atoms with Crippen molar-refractivity contribution in [2.45, 2.75) is 31.6 Å². The third-order valence-electron chi connectivity index (χ3n) is 4.92. The van der Waals surface area contributed by atoms with Gasteiger partial charge < -0.3 is 16.0 Å². The fourth-order valence-electron chi connectivity index (χ4n) is 3.17. The number of benzene rings is 1. The maximum absolute atomic E-state index is 14.1. The summed E-state index contributed by atoms with van der Waals surface area (Å²) >= 11 is 0. The predicted molar refractivity (Wildman–Crippen MR) is 124 cm³/mol. The summed E-state index contributed by atoms with van der Waals surface area (Å²) in [6.07, 6.45) is 2.18. The Morgan fingerprint density at radius 2 is 1.93 bits per heavy atom. The fourth-order valence-corrected chi connectivity index (χ4v) is 3.17. The second-order valence-corrected chi connectivity index (χ2v) is 7.08. The zero-order valence-electron chi connectivity index (χ0n) is 16.7. The highest BCUT2D eigenvalue weighted by Gasteiger charge is 2.45. The molecule has 29 heavy (non-hydrogen) atoms. The molecule has 0 radical (unpaired) electrons. The summed E-state index contributed by atoms with van der Waals surface area (Å²) in [6, 6.07) is 12.4. The summed E-state index contributed by atoms with van der Waals surface area (Å²) < 4.78 is 14.1. The summed E-state index contributed by atoms with van der Waals surface area (Å²) in [5, 5.41) is 9.16. The largest absolute Gasteiger partial charge is 0.356 e. The van der Waals surface area contributed by atoms with Crippen LogP contribution in [0.5, 0.6) is 0 Å². The number of carbonyl (C=O) groups is 1. The molecule has 156 valence electrons. The number of aromatic nitrogens is 1. The molecule has 1 heterocycles. The number of hydrogen-bond donors (Lipinski definition) is 3. The van der Waals surface area contributed by atoms with Gasteiger partial charge in [0.1, 0.15) is 11.6 Å². The molecular weight excluding hydrogens is 484 g/mol. The highest BCUT2D eigenvalue weighted by atomic mass is 127. The predicted octanol–water partition coefficient (Wildman–Crippen LogP) is 3.37. The average Bonchev–Trinajstić information content (AvgIpc) is 3.46. The van der Waals surface area contributed by atoms with Crippen LogP contribution in [0.25, 0.3) is 0 Å². The molecule has 0 saturated heterocycles. The smallest absolute Gasteiger partial charge is 0.227 e. The Labute approximate surface area is 187 Å². The lowest BCUT2D eigenvalue weighted by Gasteiger charge is -2.19. The maximum Gasteiger partial charge on any atom is 0.227 e. The van der Waals surface area contributed by atoms with Gasteiger partial charge in [0, 0.05) is 37.7 Å². The SMILES string of the molecule is CN=C(NCCC(=O)Nc1cccc(C)n1)NCC1(c2ccccc2F)CC1.I. The highest BCUT2D eigenvalue weighted by Crippen LogP contribution is 2.48. The summed E-state index contributed by atoms with van der Waals surface area (Å²) in [5.41, 5.74) is 1.43. The first kappa shape index (κ1) is 23.1. The quantitative estimate of drug-likeness (QED) is 0.303. The topological polar surface area (TPSA) is 78.4 Å². The monoisotopic (exact) mass is 511 g/mol. The second-order valence-electron chi connectivity index (χ2n) is 7.08. The van der Waals surface area contributed by atoms with Gasteiger partial charge in [-0.3, -0.25) is 9.79 Å². The molecule has 3 rings (SSSR count). The molecule has 2 aromatic rings. The second kappa shape index (κ2) is 10.5. The van der Waals surface area contributed by atoms with Crippen LogP contribution in [0.4, 0.5) is 10.2 Å². The number of pyridine rings is 1. The number of hydrogen-bond acceptors (Lipinski definition) is 3. The number of guanidine groups is 1. The van der Waals surface area contributed by atoms with Gasteiger partial charge >= 0.3 is 0 Å². The number of halogens is 2. The summed E-state index contributed by atoms with van der Waals surface area (Å²) in [7, 11) is 1.68. The van der Waals surface area contributed by atoms with E-state index in [0.717, 1.165) is 24.1 Å². The van der Waals surface area contributed by atoms with Crippen LogP contribution in [-0.4, -0.2) is 37.0 Å². The molecule has 6 nitrogen and oxygen atoms in total. The number of rotatable bonds is 7. The van der Waals surface area contributed by atoms with Gasteiger partial charge in [0.2, 0.25) is 5.91 Å². The third-order valence-corrected chi connectivity index (χ3v) is 4.92. The Bertz CT molecular complexity index is 870. The minimum absolute atomic E-state index is 0. The average molecular weight is 511 g/mol.